The summed E-state index contributed by atoms with van der Waals surface area (Å²) in [6.07, 6.45) is -3.30. The minimum Gasteiger partial charge on any atom is -0.433 e. The minimum atomic E-state index is -3.30. The zero-order valence-corrected chi connectivity index (χ0v) is 15.9. The van der Waals surface area contributed by atoms with Crippen molar-refractivity contribution in [3.8, 4) is 17.1 Å². The third kappa shape index (κ3) is 5.49. The number of nitrogens with zero attached hydrogens (tertiary/aromatic N) is 2. The number of aliphatic hydroxyl groups excluding tert-OH is 1. The molecule has 0 saturated heterocycles. The summed E-state index contributed by atoms with van der Waals surface area (Å²) < 4.78 is 35.4. The lowest BCUT2D eigenvalue weighted by Gasteiger charge is -2.12. The highest BCUT2D eigenvalue weighted by molar-refractivity contribution is 6.30. The van der Waals surface area contributed by atoms with E-state index in [9.17, 15) is 18.7 Å². The number of ether oxygens (including phenoxy) is 1. The molecular formula is C19H16ClF2N3O4. The van der Waals surface area contributed by atoms with Gasteiger partial charge in [-0.1, -0.05) is 22.8 Å². The smallest absolute Gasteiger partial charge is 0.394 e. The number of hydrogen-bond acceptors (Lipinski definition) is 6. The Morgan fingerprint density at radius 2 is 2.03 bits per heavy atom. The van der Waals surface area contributed by atoms with Gasteiger partial charge in [0.15, 0.2) is 0 Å². The van der Waals surface area contributed by atoms with Crippen molar-refractivity contribution in [2.24, 2.45) is 0 Å². The standard InChI is InChI=1S/C19H16ClF2N3O4/c1-19(21,22)28-14-7-5-11(6-8-14)16-24-18(29-25-16)15(10-26)23-17(27)12-3-2-4-13(20)9-12/h2-9,15,26H,10H2,1H3,(H,23,27)/t15-/m0/s1. The third-order valence-corrected chi connectivity index (χ3v) is 3.96. The highest BCUT2D eigenvalue weighted by Crippen LogP contribution is 2.25. The molecule has 1 aromatic heterocycles. The lowest BCUT2D eigenvalue weighted by molar-refractivity contribution is -0.158. The van der Waals surface area contributed by atoms with Crippen LogP contribution in [0.25, 0.3) is 11.4 Å². The van der Waals surface area contributed by atoms with E-state index in [0.717, 1.165) is 0 Å². The van der Waals surface area contributed by atoms with E-state index in [1.165, 1.54) is 30.3 Å². The molecule has 0 bridgehead atoms. The quantitative estimate of drug-likeness (QED) is 0.599. The van der Waals surface area contributed by atoms with Gasteiger partial charge < -0.3 is 19.7 Å². The Bertz CT molecular complexity index is 990. The van der Waals surface area contributed by atoms with Crippen molar-refractivity contribution in [1.29, 1.82) is 0 Å². The molecule has 7 nitrogen and oxygen atoms in total. The van der Waals surface area contributed by atoms with Crippen molar-refractivity contribution in [2.45, 2.75) is 19.1 Å². The van der Waals surface area contributed by atoms with E-state index in [1.807, 2.05) is 0 Å². The van der Waals surface area contributed by atoms with Gasteiger partial charge in [0.05, 0.1) is 6.61 Å². The number of amides is 1. The normalized spacial score (nSPS) is 12.4. The van der Waals surface area contributed by atoms with Gasteiger partial charge in [0.25, 0.3) is 11.8 Å². The number of aliphatic hydroxyl groups is 1. The number of rotatable bonds is 7. The number of nitrogens with one attached hydrogen (secondary N) is 1. The van der Waals surface area contributed by atoms with Crippen LogP contribution in [0.4, 0.5) is 8.78 Å². The summed E-state index contributed by atoms with van der Waals surface area (Å²) in [5, 5.41) is 16.4. The van der Waals surface area contributed by atoms with Gasteiger partial charge in [-0.25, -0.2) is 0 Å². The summed E-state index contributed by atoms with van der Waals surface area (Å²) in [4.78, 5) is 16.5. The van der Waals surface area contributed by atoms with Gasteiger partial charge in [0.2, 0.25) is 5.82 Å². The molecule has 0 aliphatic carbocycles. The Hall–Kier alpha value is -3.04. The number of alkyl halides is 2. The number of carbonyl (C=O) groups excluding carboxylic acids is 1. The summed E-state index contributed by atoms with van der Waals surface area (Å²) in [6.45, 7) is 0.158. The number of halogens is 3. The predicted molar refractivity (Wildman–Crippen MR) is 99.7 cm³/mol. The largest absolute Gasteiger partial charge is 0.433 e. The molecule has 10 heteroatoms. The molecule has 0 fully saturated rings. The topological polar surface area (TPSA) is 97.5 Å². The zero-order chi connectivity index (χ0) is 21.0. The second kappa shape index (κ2) is 8.54. The molecule has 0 spiro atoms. The molecule has 0 aliphatic heterocycles. The first-order valence-electron chi connectivity index (χ1n) is 8.43. The van der Waals surface area contributed by atoms with Gasteiger partial charge in [-0.15, -0.1) is 0 Å². The fourth-order valence-corrected chi connectivity index (χ4v) is 2.62. The van der Waals surface area contributed by atoms with Crippen LogP contribution in [-0.2, 0) is 0 Å². The molecule has 0 aliphatic rings. The van der Waals surface area contributed by atoms with E-state index >= 15 is 0 Å². The summed E-state index contributed by atoms with van der Waals surface area (Å²) >= 11 is 5.87. The van der Waals surface area contributed by atoms with E-state index < -0.39 is 24.7 Å². The van der Waals surface area contributed by atoms with Crippen molar-refractivity contribution in [3.63, 3.8) is 0 Å². The molecular weight excluding hydrogens is 408 g/mol. The Morgan fingerprint density at radius 3 is 2.66 bits per heavy atom. The molecule has 152 valence electrons. The molecule has 29 heavy (non-hydrogen) atoms. The van der Waals surface area contributed by atoms with Crippen LogP contribution in [0.15, 0.2) is 53.1 Å². The minimum absolute atomic E-state index is 0.0155. The number of aromatic nitrogens is 2. The lowest BCUT2D eigenvalue weighted by atomic mass is 10.2. The maximum absolute atomic E-state index is 12.9. The van der Waals surface area contributed by atoms with Crippen molar-refractivity contribution < 1.29 is 27.9 Å². The fraction of sp³-hybridized carbons (Fsp3) is 0.211. The van der Waals surface area contributed by atoms with E-state index in [-0.39, 0.29) is 17.5 Å². The van der Waals surface area contributed by atoms with Crippen molar-refractivity contribution in [1.82, 2.24) is 15.5 Å². The highest BCUT2D eigenvalue weighted by Gasteiger charge is 2.24. The predicted octanol–water partition coefficient (Wildman–Crippen LogP) is 3.84. The monoisotopic (exact) mass is 423 g/mol. The maximum Gasteiger partial charge on any atom is 0.394 e. The van der Waals surface area contributed by atoms with Crippen LogP contribution in [0, 0.1) is 0 Å². The van der Waals surface area contributed by atoms with Gasteiger partial charge in [-0.3, -0.25) is 4.79 Å². The van der Waals surface area contributed by atoms with Crippen LogP contribution in [-0.4, -0.2) is 33.9 Å². The number of benzene rings is 2. The average molecular weight is 424 g/mol. The van der Waals surface area contributed by atoms with Crippen molar-refractivity contribution in [3.05, 3.63) is 65.0 Å². The highest BCUT2D eigenvalue weighted by atomic mass is 35.5. The number of carbonyl (C=O) groups is 1. The van der Waals surface area contributed by atoms with Gasteiger partial charge >= 0.3 is 6.11 Å². The second-order valence-electron chi connectivity index (χ2n) is 6.11. The first-order valence-corrected chi connectivity index (χ1v) is 8.81. The lowest BCUT2D eigenvalue weighted by Crippen LogP contribution is -2.31. The molecule has 2 aromatic carbocycles. The Labute approximate surface area is 169 Å². The van der Waals surface area contributed by atoms with Crippen LogP contribution in [0.3, 0.4) is 0 Å². The maximum atomic E-state index is 12.9. The molecule has 0 saturated carbocycles. The van der Waals surface area contributed by atoms with Gasteiger partial charge in [-0.2, -0.15) is 13.8 Å². The first-order chi connectivity index (χ1) is 13.7. The van der Waals surface area contributed by atoms with E-state index in [2.05, 4.69) is 20.2 Å². The zero-order valence-electron chi connectivity index (χ0n) is 15.1. The van der Waals surface area contributed by atoms with Crippen LogP contribution >= 0.6 is 11.6 Å². The number of hydrogen-bond donors (Lipinski definition) is 2. The third-order valence-electron chi connectivity index (χ3n) is 3.72. The first kappa shape index (κ1) is 20.7. The van der Waals surface area contributed by atoms with E-state index in [4.69, 9.17) is 16.1 Å². The summed E-state index contributed by atoms with van der Waals surface area (Å²) in [7, 11) is 0. The Balaban J connectivity index is 1.72. The summed E-state index contributed by atoms with van der Waals surface area (Å²) in [6, 6.07) is 11.0. The van der Waals surface area contributed by atoms with Crippen LogP contribution in [0.5, 0.6) is 5.75 Å². The van der Waals surface area contributed by atoms with Gasteiger partial charge in [0, 0.05) is 23.1 Å². The molecule has 2 N–H and O–H groups in total. The Morgan fingerprint density at radius 1 is 1.31 bits per heavy atom. The van der Waals surface area contributed by atoms with Gasteiger partial charge in [0.1, 0.15) is 11.8 Å². The summed E-state index contributed by atoms with van der Waals surface area (Å²) in [5.74, 6) is -0.358. The molecule has 0 unspecified atom stereocenters. The molecule has 3 rings (SSSR count). The summed E-state index contributed by atoms with van der Waals surface area (Å²) in [5.41, 5.74) is 0.781. The molecule has 1 amide bonds. The molecule has 0 radical (unpaired) electrons. The second-order valence-corrected chi connectivity index (χ2v) is 6.55. The SMILES string of the molecule is CC(F)(F)Oc1ccc(-c2noc([C@H](CO)NC(=O)c3cccc(Cl)c3)n2)cc1. The molecule has 1 heterocycles. The van der Waals surface area contributed by atoms with Gasteiger partial charge in [-0.05, 0) is 42.5 Å². The molecule has 1 atom stereocenters. The van der Waals surface area contributed by atoms with Crippen LogP contribution in [0.2, 0.25) is 5.02 Å². The van der Waals surface area contributed by atoms with Crippen molar-refractivity contribution in [2.75, 3.05) is 6.61 Å². The van der Waals surface area contributed by atoms with Crippen LogP contribution in [0.1, 0.15) is 29.2 Å². The van der Waals surface area contributed by atoms with Crippen LogP contribution < -0.4 is 10.1 Å². The van der Waals surface area contributed by atoms with E-state index in [1.54, 1.807) is 18.2 Å². The average Bonchev–Trinajstić information content (AvgIpc) is 3.15. The van der Waals surface area contributed by atoms with E-state index in [0.29, 0.717) is 23.1 Å². The van der Waals surface area contributed by atoms with Crippen molar-refractivity contribution >= 4 is 17.5 Å². The Kier molecular flexibility index (Phi) is 6.09. The molecule has 3 aromatic rings. The fourth-order valence-electron chi connectivity index (χ4n) is 2.43.